The lowest BCUT2D eigenvalue weighted by molar-refractivity contribution is 0.122. The molecule has 1 saturated carbocycles. The van der Waals surface area contributed by atoms with Crippen molar-refractivity contribution < 1.29 is 9.47 Å². The monoisotopic (exact) mass is 423 g/mol. The summed E-state index contributed by atoms with van der Waals surface area (Å²) in [7, 11) is 1.68. The molecule has 1 aliphatic heterocycles. The van der Waals surface area contributed by atoms with Crippen LogP contribution in [0.15, 0.2) is 24.5 Å². The first-order valence-corrected chi connectivity index (χ1v) is 11.1. The maximum Gasteiger partial charge on any atom is 0.231 e. The second-order valence-electron chi connectivity index (χ2n) is 8.09. The van der Waals surface area contributed by atoms with Crippen molar-refractivity contribution in [2.24, 2.45) is 0 Å². The number of imidazole rings is 1. The molecule has 0 unspecified atom stereocenters. The Morgan fingerprint density at radius 3 is 2.77 bits per heavy atom. The quantitative estimate of drug-likeness (QED) is 0.552. The second kappa shape index (κ2) is 8.97. The molecule has 3 aromatic rings. The maximum atomic E-state index is 5.66. The molecule has 9 nitrogen and oxygen atoms in total. The van der Waals surface area contributed by atoms with E-state index in [1.807, 2.05) is 12.1 Å². The molecule has 1 aromatic carbocycles. The molecule has 2 aromatic heterocycles. The highest BCUT2D eigenvalue weighted by Gasteiger charge is 2.18. The third kappa shape index (κ3) is 4.36. The molecular weight excluding hydrogens is 394 g/mol. The summed E-state index contributed by atoms with van der Waals surface area (Å²) in [6.07, 6.45) is 7.82. The van der Waals surface area contributed by atoms with Crippen LogP contribution in [-0.4, -0.2) is 59.4 Å². The van der Waals surface area contributed by atoms with Gasteiger partial charge < -0.3 is 30.0 Å². The summed E-state index contributed by atoms with van der Waals surface area (Å²) in [5, 5.41) is 6.93. The average Bonchev–Trinajstić information content (AvgIpc) is 3.30. The van der Waals surface area contributed by atoms with Crippen LogP contribution in [0.1, 0.15) is 32.1 Å². The molecule has 0 bridgehead atoms. The number of fused-ring (bicyclic) bond motifs is 1. The Morgan fingerprint density at radius 2 is 1.97 bits per heavy atom. The molecular formula is C22H29N7O2. The Morgan fingerprint density at radius 1 is 1.13 bits per heavy atom. The highest BCUT2D eigenvalue weighted by atomic mass is 16.5. The second-order valence-corrected chi connectivity index (χ2v) is 8.09. The molecule has 5 rings (SSSR count). The minimum Gasteiger partial charge on any atom is -0.494 e. The fraction of sp³-hybridized carbons (Fsp3) is 0.500. The number of hydrogen-bond acceptors (Lipinski definition) is 8. The number of H-pyrrole nitrogens is 1. The summed E-state index contributed by atoms with van der Waals surface area (Å²) in [6.45, 7) is 3.25. The Kier molecular flexibility index (Phi) is 5.75. The van der Waals surface area contributed by atoms with Gasteiger partial charge in [-0.1, -0.05) is 19.3 Å². The lowest BCUT2D eigenvalue weighted by Crippen LogP contribution is -2.36. The first-order valence-electron chi connectivity index (χ1n) is 11.1. The summed E-state index contributed by atoms with van der Waals surface area (Å²) in [4.78, 5) is 19.2. The van der Waals surface area contributed by atoms with E-state index < -0.39 is 0 Å². The van der Waals surface area contributed by atoms with E-state index in [9.17, 15) is 0 Å². The van der Waals surface area contributed by atoms with Crippen LogP contribution in [0.5, 0.6) is 5.75 Å². The number of benzene rings is 1. The van der Waals surface area contributed by atoms with E-state index in [0.717, 1.165) is 54.8 Å². The Hall–Kier alpha value is -3.07. The summed E-state index contributed by atoms with van der Waals surface area (Å²) in [6, 6.07) is 6.58. The van der Waals surface area contributed by atoms with Crippen molar-refractivity contribution in [1.29, 1.82) is 0 Å². The molecule has 164 valence electrons. The molecule has 3 heterocycles. The molecule has 31 heavy (non-hydrogen) atoms. The fourth-order valence-corrected chi connectivity index (χ4v) is 4.36. The number of anilines is 4. The third-order valence-corrected chi connectivity index (χ3v) is 6.04. The van der Waals surface area contributed by atoms with Crippen molar-refractivity contribution in [3.05, 3.63) is 24.5 Å². The van der Waals surface area contributed by atoms with Crippen LogP contribution in [0.4, 0.5) is 23.1 Å². The van der Waals surface area contributed by atoms with Crippen LogP contribution in [-0.2, 0) is 4.74 Å². The minimum atomic E-state index is 0.436. The number of nitrogens with zero attached hydrogens (tertiary/aromatic N) is 4. The number of methoxy groups -OCH3 is 1. The Balaban J connectivity index is 1.40. The lowest BCUT2D eigenvalue weighted by Gasteiger charge is -2.29. The van der Waals surface area contributed by atoms with Gasteiger partial charge in [-0.3, -0.25) is 0 Å². The normalized spacial score (nSPS) is 17.6. The van der Waals surface area contributed by atoms with Crippen LogP contribution in [0.2, 0.25) is 0 Å². The molecule has 0 atom stereocenters. The fourth-order valence-electron chi connectivity index (χ4n) is 4.36. The zero-order valence-corrected chi connectivity index (χ0v) is 17.9. The van der Waals surface area contributed by atoms with Crippen molar-refractivity contribution >= 4 is 34.3 Å². The van der Waals surface area contributed by atoms with Gasteiger partial charge in [0.05, 0.1) is 32.3 Å². The highest BCUT2D eigenvalue weighted by molar-refractivity contribution is 5.84. The first kappa shape index (κ1) is 19.9. The topological polar surface area (TPSA) is 100 Å². The molecule has 1 saturated heterocycles. The number of aromatic nitrogens is 4. The number of aromatic amines is 1. The van der Waals surface area contributed by atoms with Gasteiger partial charge in [0.25, 0.3) is 0 Å². The van der Waals surface area contributed by atoms with E-state index in [-0.39, 0.29) is 0 Å². The number of hydrogen-bond donors (Lipinski definition) is 3. The average molecular weight is 424 g/mol. The van der Waals surface area contributed by atoms with E-state index in [4.69, 9.17) is 14.5 Å². The van der Waals surface area contributed by atoms with Crippen molar-refractivity contribution in [3.8, 4) is 5.75 Å². The molecule has 0 amide bonds. The van der Waals surface area contributed by atoms with Crippen LogP contribution >= 0.6 is 0 Å². The number of morpholine rings is 1. The molecule has 3 N–H and O–H groups in total. The first-order chi connectivity index (χ1) is 15.3. The van der Waals surface area contributed by atoms with Gasteiger partial charge in [0.1, 0.15) is 11.3 Å². The summed E-state index contributed by atoms with van der Waals surface area (Å²) in [5.41, 5.74) is 3.41. The highest BCUT2D eigenvalue weighted by Crippen LogP contribution is 2.33. The van der Waals surface area contributed by atoms with Gasteiger partial charge in [0.2, 0.25) is 5.95 Å². The van der Waals surface area contributed by atoms with Gasteiger partial charge in [-0.15, -0.1) is 0 Å². The predicted molar refractivity (Wildman–Crippen MR) is 121 cm³/mol. The van der Waals surface area contributed by atoms with E-state index in [1.54, 1.807) is 13.4 Å². The van der Waals surface area contributed by atoms with Crippen molar-refractivity contribution in [1.82, 2.24) is 19.9 Å². The lowest BCUT2D eigenvalue weighted by atomic mass is 9.95. The third-order valence-electron chi connectivity index (χ3n) is 6.04. The minimum absolute atomic E-state index is 0.436. The van der Waals surface area contributed by atoms with Crippen LogP contribution in [0.25, 0.3) is 11.2 Å². The molecule has 0 spiro atoms. The van der Waals surface area contributed by atoms with Crippen molar-refractivity contribution in [2.45, 2.75) is 38.1 Å². The van der Waals surface area contributed by atoms with E-state index in [2.05, 4.69) is 36.6 Å². The SMILES string of the molecule is COc1cc(N2CCOCC2)ccc1Nc1nc(NC2CCCCC2)c2[nH]cnc2n1. The zero-order chi connectivity index (χ0) is 21.0. The summed E-state index contributed by atoms with van der Waals surface area (Å²) < 4.78 is 11.1. The van der Waals surface area contributed by atoms with Crippen LogP contribution in [0, 0.1) is 0 Å². The summed E-state index contributed by atoms with van der Waals surface area (Å²) >= 11 is 0. The zero-order valence-electron chi connectivity index (χ0n) is 17.9. The van der Waals surface area contributed by atoms with E-state index >= 15 is 0 Å². The van der Waals surface area contributed by atoms with Crippen molar-refractivity contribution in [2.75, 3.05) is 48.9 Å². The number of ether oxygens (including phenoxy) is 2. The van der Waals surface area contributed by atoms with Crippen LogP contribution in [0.3, 0.4) is 0 Å². The molecule has 2 fully saturated rings. The molecule has 2 aliphatic rings. The van der Waals surface area contributed by atoms with Gasteiger partial charge in [0.15, 0.2) is 11.5 Å². The molecule has 1 aliphatic carbocycles. The van der Waals surface area contributed by atoms with E-state index in [1.165, 1.54) is 32.1 Å². The molecule has 0 radical (unpaired) electrons. The summed E-state index contributed by atoms with van der Waals surface area (Å²) in [5.74, 6) is 2.03. The van der Waals surface area contributed by atoms with Gasteiger partial charge >= 0.3 is 0 Å². The molecule has 9 heteroatoms. The van der Waals surface area contributed by atoms with E-state index in [0.29, 0.717) is 17.6 Å². The van der Waals surface area contributed by atoms with Crippen molar-refractivity contribution in [3.63, 3.8) is 0 Å². The Bertz CT molecular complexity index is 1030. The van der Waals surface area contributed by atoms with Gasteiger partial charge in [-0.05, 0) is 25.0 Å². The number of nitrogens with one attached hydrogen (secondary N) is 3. The van der Waals surface area contributed by atoms with Gasteiger partial charge in [0, 0.05) is 30.9 Å². The Labute approximate surface area is 181 Å². The smallest absolute Gasteiger partial charge is 0.231 e. The van der Waals surface area contributed by atoms with Gasteiger partial charge in [-0.2, -0.15) is 9.97 Å². The van der Waals surface area contributed by atoms with Gasteiger partial charge in [-0.25, -0.2) is 4.98 Å². The largest absolute Gasteiger partial charge is 0.494 e. The predicted octanol–water partition coefficient (Wildman–Crippen LogP) is 3.69. The maximum absolute atomic E-state index is 5.66. The van der Waals surface area contributed by atoms with Crippen LogP contribution < -0.4 is 20.3 Å². The standard InChI is InChI=1S/C22H29N7O2/c1-30-18-13-16(29-9-11-31-12-10-29)7-8-17(18)26-22-27-20-19(23-14-24-20)21(28-22)25-15-5-3-2-4-6-15/h7-8,13-15H,2-6,9-12H2,1H3,(H3,23,24,25,26,27,28). The number of rotatable bonds is 6.